The van der Waals surface area contributed by atoms with Gasteiger partial charge in [0, 0.05) is 19.2 Å². The first-order valence-electron chi connectivity index (χ1n) is 7.24. The molecule has 106 valence electrons. The predicted molar refractivity (Wildman–Crippen MR) is 77.6 cm³/mol. The number of benzene rings is 1. The molecule has 1 saturated carbocycles. The number of hydrogen-bond acceptors (Lipinski definition) is 3. The summed E-state index contributed by atoms with van der Waals surface area (Å²) in [7, 11) is 1.79. The molecule has 3 nitrogen and oxygen atoms in total. The van der Waals surface area contributed by atoms with Crippen LogP contribution in [0.25, 0.3) is 0 Å². The van der Waals surface area contributed by atoms with Gasteiger partial charge in [-0.05, 0) is 43.9 Å². The van der Waals surface area contributed by atoms with Crippen molar-refractivity contribution in [2.45, 2.75) is 51.3 Å². The van der Waals surface area contributed by atoms with Crippen molar-refractivity contribution in [1.29, 1.82) is 0 Å². The molecule has 3 heteroatoms. The minimum Gasteiger partial charge on any atom is -0.494 e. The fourth-order valence-corrected chi connectivity index (χ4v) is 2.42. The number of nitrogens with one attached hydrogen (secondary N) is 1. The molecule has 0 amide bonds. The van der Waals surface area contributed by atoms with Crippen LogP contribution in [-0.4, -0.2) is 25.9 Å². The zero-order valence-corrected chi connectivity index (χ0v) is 12.2. The number of ether oxygens (including phenoxy) is 2. The highest BCUT2D eigenvalue weighted by molar-refractivity contribution is 5.29. The second-order valence-electron chi connectivity index (χ2n) is 5.33. The van der Waals surface area contributed by atoms with Gasteiger partial charge in [-0.2, -0.15) is 0 Å². The van der Waals surface area contributed by atoms with Crippen LogP contribution in [0.15, 0.2) is 24.3 Å². The normalized spacial score (nSPS) is 23.7. The molecule has 0 radical (unpaired) electrons. The van der Waals surface area contributed by atoms with Gasteiger partial charge in [0.15, 0.2) is 0 Å². The maximum atomic E-state index is 5.59. The van der Waals surface area contributed by atoms with Gasteiger partial charge in [-0.15, -0.1) is 0 Å². The van der Waals surface area contributed by atoms with Crippen LogP contribution < -0.4 is 10.1 Å². The van der Waals surface area contributed by atoms with Crippen LogP contribution in [0.1, 0.15) is 44.7 Å². The largest absolute Gasteiger partial charge is 0.494 e. The van der Waals surface area contributed by atoms with Gasteiger partial charge in [0.25, 0.3) is 0 Å². The minimum atomic E-state index is 0.378. The molecule has 1 N–H and O–H groups in total. The van der Waals surface area contributed by atoms with Gasteiger partial charge in [-0.1, -0.05) is 19.1 Å². The summed E-state index contributed by atoms with van der Waals surface area (Å²) in [6, 6.07) is 9.38. The Morgan fingerprint density at radius 2 is 1.95 bits per heavy atom. The summed E-state index contributed by atoms with van der Waals surface area (Å²) in [5.74, 6) is 0.959. The summed E-state index contributed by atoms with van der Waals surface area (Å²) < 4.78 is 10.9. The Morgan fingerprint density at radius 3 is 2.53 bits per heavy atom. The molecule has 19 heavy (non-hydrogen) atoms. The van der Waals surface area contributed by atoms with Crippen LogP contribution in [-0.2, 0) is 4.74 Å². The zero-order valence-electron chi connectivity index (χ0n) is 12.2. The maximum Gasteiger partial charge on any atom is 0.119 e. The number of hydrogen-bond donors (Lipinski definition) is 1. The molecule has 1 aromatic carbocycles. The summed E-state index contributed by atoms with van der Waals surface area (Å²) in [4.78, 5) is 0. The lowest BCUT2D eigenvalue weighted by Crippen LogP contribution is -2.45. The number of methoxy groups -OCH3 is 1. The van der Waals surface area contributed by atoms with E-state index < -0.39 is 0 Å². The molecule has 1 unspecified atom stereocenters. The van der Waals surface area contributed by atoms with Crippen molar-refractivity contribution in [3.05, 3.63) is 29.8 Å². The van der Waals surface area contributed by atoms with Crippen molar-refractivity contribution in [2.24, 2.45) is 0 Å². The van der Waals surface area contributed by atoms with E-state index in [0.29, 0.717) is 18.2 Å². The molecule has 0 heterocycles. The van der Waals surface area contributed by atoms with Crippen LogP contribution in [0, 0.1) is 0 Å². The van der Waals surface area contributed by atoms with E-state index in [0.717, 1.165) is 31.6 Å². The molecule has 0 aliphatic heterocycles. The summed E-state index contributed by atoms with van der Waals surface area (Å²) in [5, 5.41) is 3.64. The Balaban J connectivity index is 1.80. The Hall–Kier alpha value is -1.06. The molecule has 0 saturated heterocycles. The molecule has 1 aromatic rings. The average Bonchev–Trinajstić information content (AvgIpc) is 2.40. The molecule has 0 spiro atoms. The molecule has 1 atom stereocenters. The summed E-state index contributed by atoms with van der Waals surface area (Å²) in [6.45, 7) is 5.11. The van der Waals surface area contributed by atoms with Crippen LogP contribution in [0.5, 0.6) is 5.75 Å². The van der Waals surface area contributed by atoms with Crippen LogP contribution in [0.2, 0.25) is 0 Å². The summed E-state index contributed by atoms with van der Waals surface area (Å²) >= 11 is 0. The van der Waals surface area contributed by atoms with Crippen molar-refractivity contribution in [1.82, 2.24) is 5.32 Å². The van der Waals surface area contributed by atoms with E-state index in [2.05, 4.69) is 43.4 Å². The van der Waals surface area contributed by atoms with Crippen LogP contribution in [0.3, 0.4) is 0 Å². The van der Waals surface area contributed by atoms with Crippen molar-refractivity contribution >= 4 is 0 Å². The van der Waals surface area contributed by atoms with Crippen LogP contribution in [0.4, 0.5) is 0 Å². The molecule has 1 aliphatic rings. The maximum absolute atomic E-state index is 5.59. The van der Waals surface area contributed by atoms with Gasteiger partial charge in [0.2, 0.25) is 0 Å². The smallest absolute Gasteiger partial charge is 0.119 e. The third-order valence-corrected chi connectivity index (χ3v) is 3.77. The van der Waals surface area contributed by atoms with Crippen molar-refractivity contribution < 1.29 is 9.47 Å². The molecule has 2 rings (SSSR count). The minimum absolute atomic E-state index is 0.378. The first kappa shape index (κ1) is 14.4. The molecular weight excluding hydrogens is 238 g/mol. The van der Waals surface area contributed by atoms with Crippen LogP contribution >= 0.6 is 0 Å². The lowest BCUT2D eigenvalue weighted by molar-refractivity contribution is 0.0147. The van der Waals surface area contributed by atoms with Crippen molar-refractivity contribution in [3.8, 4) is 5.75 Å². The SMILES string of the molecule is CCCOc1ccc(C(C)NC2CC(OC)C2)cc1. The topological polar surface area (TPSA) is 30.5 Å². The quantitative estimate of drug-likeness (QED) is 0.818. The third kappa shape index (κ3) is 3.95. The second-order valence-corrected chi connectivity index (χ2v) is 5.33. The monoisotopic (exact) mass is 263 g/mol. The number of rotatable bonds is 7. The van der Waals surface area contributed by atoms with E-state index in [1.165, 1.54) is 5.56 Å². The van der Waals surface area contributed by atoms with Gasteiger partial charge in [-0.25, -0.2) is 0 Å². The average molecular weight is 263 g/mol. The van der Waals surface area contributed by atoms with Gasteiger partial charge in [0.1, 0.15) is 5.75 Å². The molecule has 0 bridgehead atoms. The highest BCUT2D eigenvalue weighted by atomic mass is 16.5. The Bertz CT molecular complexity index is 371. The fourth-order valence-electron chi connectivity index (χ4n) is 2.42. The lowest BCUT2D eigenvalue weighted by Gasteiger charge is -2.36. The van der Waals surface area contributed by atoms with E-state index in [1.54, 1.807) is 7.11 Å². The van der Waals surface area contributed by atoms with Gasteiger partial charge in [-0.3, -0.25) is 0 Å². The van der Waals surface area contributed by atoms with E-state index in [1.807, 2.05) is 0 Å². The van der Waals surface area contributed by atoms with E-state index in [-0.39, 0.29) is 0 Å². The molecular formula is C16H25NO2. The molecule has 1 aliphatic carbocycles. The van der Waals surface area contributed by atoms with Gasteiger partial charge in [0.05, 0.1) is 12.7 Å². The highest BCUT2D eigenvalue weighted by Crippen LogP contribution is 2.26. The lowest BCUT2D eigenvalue weighted by atomic mass is 9.88. The second kappa shape index (κ2) is 6.92. The summed E-state index contributed by atoms with van der Waals surface area (Å²) in [5.41, 5.74) is 1.31. The van der Waals surface area contributed by atoms with Crippen molar-refractivity contribution in [2.75, 3.05) is 13.7 Å². The standard InChI is InChI=1S/C16H25NO2/c1-4-9-19-15-7-5-13(6-8-15)12(2)17-14-10-16(11-14)18-3/h5-8,12,14,16-17H,4,9-11H2,1-3H3. The fraction of sp³-hybridized carbons (Fsp3) is 0.625. The van der Waals surface area contributed by atoms with E-state index >= 15 is 0 Å². The molecule has 0 aromatic heterocycles. The zero-order chi connectivity index (χ0) is 13.7. The van der Waals surface area contributed by atoms with Crippen molar-refractivity contribution in [3.63, 3.8) is 0 Å². The predicted octanol–water partition coefficient (Wildman–Crippen LogP) is 3.30. The highest BCUT2D eigenvalue weighted by Gasteiger charge is 2.29. The Kier molecular flexibility index (Phi) is 5.23. The van der Waals surface area contributed by atoms with Gasteiger partial charge >= 0.3 is 0 Å². The third-order valence-electron chi connectivity index (χ3n) is 3.77. The Morgan fingerprint density at radius 1 is 1.26 bits per heavy atom. The van der Waals surface area contributed by atoms with Gasteiger partial charge < -0.3 is 14.8 Å². The van der Waals surface area contributed by atoms with E-state index in [9.17, 15) is 0 Å². The van der Waals surface area contributed by atoms with E-state index in [4.69, 9.17) is 9.47 Å². The Labute approximate surface area is 116 Å². The first-order chi connectivity index (χ1) is 9.22. The first-order valence-corrected chi connectivity index (χ1v) is 7.24. The molecule has 1 fully saturated rings. The summed E-state index contributed by atoms with van der Waals surface area (Å²) in [6.07, 6.45) is 3.74.